The van der Waals surface area contributed by atoms with Gasteiger partial charge in [-0.2, -0.15) is 0 Å². The van der Waals surface area contributed by atoms with Gasteiger partial charge in [-0.15, -0.1) is 0 Å². The van der Waals surface area contributed by atoms with Crippen molar-refractivity contribution < 1.29 is 18.3 Å². The van der Waals surface area contributed by atoms with Gasteiger partial charge < -0.3 is 15.2 Å². The quantitative estimate of drug-likeness (QED) is 0.915. The van der Waals surface area contributed by atoms with E-state index >= 15 is 0 Å². The van der Waals surface area contributed by atoms with Gasteiger partial charge in [-0.3, -0.25) is 0 Å². The SMILES string of the molecule is COc1ccc(C(N)COc2cc(F)cc(F)c2)cc1. The van der Waals surface area contributed by atoms with Crippen molar-refractivity contribution in [3.63, 3.8) is 0 Å². The molecule has 0 saturated heterocycles. The molecule has 1 atom stereocenters. The van der Waals surface area contributed by atoms with E-state index in [9.17, 15) is 8.78 Å². The molecule has 2 N–H and O–H groups in total. The number of rotatable bonds is 5. The van der Waals surface area contributed by atoms with Crippen molar-refractivity contribution in [2.45, 2.75) is 6.04 Å². The Morgan fingerprint density at radius 3 is 2.15 bits per heavy atom. The molecule has 3 nitrogen and oxygen atoms in total. The fourth-order valence-corrected chi connectivity index (χ4v) is 1.75. The topological polar surface area (TPSA) is 44.5 Å². The Balaban J connectivity index is 1.98. The van der Waals surface area contributed by atoms with Gasteiger partial charge in [-0.1, -0.05) is 12.1 Å². The first-order valence-electron chi connectivity index (χ1n) is 6.07. The van der Waals surface area contributed by atoms with Gasteiger partial charge in [0.15, 0.2) is 0 Å². The Hall–Kier alpha value is -2.14. The Morgan fingerprint density at radius 1 is 1.00 bits per heavy atom. The summed E-state index contributed by atoms with van der Waals surface area (Å²) >= 11 is 0. The maximum absolute atomic E-state index is 13.0. The second-order valence-electron chi connectivity index (χ2n) is 4.30. The van der Waals surface area contributed by atoms with Crippen molar-refractivity contribution in [3.8, 4) is 11.5 Å². The van der Waals surface area contributed by atoms with E-state index in [1.165, 1.54) is 0 Å². The maximum Gasteiger partial charge on any atom is 0.129 e. The van der Waals surface area contributed by atoms with E-state index in [4.69, 9.17) is 15.2 Å². The minimum Gasteiger partial charge on any atom is -0.497 e. The normalized spacial score (nSPS) is 12.0. The van der Waals surface area contributed by atoms with Gasteiger partial charge in [0.05, 0.1) is 13.2 Å². The van der Waals surface area contributed by atoms with Crippen LogP contribution >= 0.6 is 0 Å². The second-order valence-corrected chi connectivity index (χ2v) is 4.30. The number of benzene rings is 2. The molecule has 0 saturated carbocycles. The van der Waals surface area contributed by atoms with Crippen molar-refractivity contribution in [2.24, 2.45) is 5.73 Å². The average molecular weight is 279 g/mol. The molecule has 0 aliphatic rings. The first kappa shape index (κ1) is 14.3. The van der Waals surface area contributed by atoms with Crippen LogP contribution in [-0.4, -0.2) is 13.7 Å². The second kappa shape index (κ2) is 6.34. The number of hydrogen-bond donors (Lipinski definition) is 1. The number of halogens is 2. The molecule has 2 aromatic rings. The minimum absolute atomic E-state index is 0.117. The molecule has 0 heterocycles. The molecule has 5 heteroatoms. The lowest BCUT2D eigenvalue weighted by molar-refractivity contribution is 0.287. The standard InChI is InChI=1S/C15H15F2NO2/c1-19-13-4-2-10(3-5-13)15(18)9-20-14-7-11(16)6-12(17)8-14/h2-8,15H,9,18H2,1H3. The fraction of sp³-hybridized carbons (Fsp3) is 0.200. The Bertz CT molecular complexity index is 552. The van der Waals surface area contributed by atoms with Crippen LogP contribution in [0.25, 0.3) is 0 Å². The molecule has 2 rings (SSSR count). The van der Waals surface area contributed by atoms with Crippen LogP contribution in [0.4, 0.5) is 8.78 Å². The van der Waals surface area contributed by atoms with Crippen molar-refractivity contribution in [3.05, 3.63) is 59.7 Å². The number of nitrogens with two attached hydrogens (primary N) is 1. The van der Waals surface area contributed by atoms with Gasteiger partial charge in [0, 0.05) is 18.2 Å². The van der Waals surface area contributed by atoms with E-state index in [1.807, 2.05) is 12.1 Å². The molecule has 0 bridgehead atoms. The lowest BCUT2D eigenvalue weighted by Gasteiger charge is -2.14. The third-order valence-electron chi connectivity index (χ3n) is 2.81. The molecule has 0 aromatic heterocycles. The van der Waals surface area contributed by atoms with E-state index in [-0.39, 0.29) is 12.4 Å². The van der Waals surface area contributed by atoms with Crippen molar-refractivity contribution in [1.82, 2.24) is 0 Å². The summed E-state index contributed by atoms with van der Waals surface area (Å²) in [5.74, 6) is -0.517. The third-order valence-corrected chi connectivity index (χ3v) is 2.81. The van der Waals surface area contributed by atoms with Crippen LogP contribution in [0, 0.1) is 11.6 Å². The van der Waals surface area contributed by atoms with Gasteiger partial charge in [0.2, 0.25) is 0 Å². The summed E-state index contributed by atoms with van der Waals surface area (Å²) in [6.45, 7) is 0.120. The van der Waals surface area contributed by atoms with Gasteiger partial charge in [0.25, 0.3) is 0 Å². The molecule has 0 fully saturated rings. The number of ether oxygens (including phenoxy) is 2. The molecule has 1 unspecified atom stereocenters. The van der Waals surface area contributed by atoms with Crippen LogP contribution in [-0.2, 0) is 0 Å². The Morgan fingerprint density at radius 2 is 1.60 bits per heavy atom. The zero-order chi connectivity index (χ0) is 14.5. The molecule has 0 spiro atoms. The fourth-order valence-electron chi connectivity index (χ4n) is 1.75. The molecule has 0 aliphatic heterocycles. The van der Waals surface area contributed by atoms with Gasteiger partial charge in [0.1, 0.15) is 29.7 Å². The summed E-state index contributed by atoms with van der Waals surface area (Å²) in [6.07, 6.45) is 0. The zero-order valence-electron chi connectivity index (χ0n) is 11.0. The molecular weight excluding hydrogens is 264 g/mol. The first-order chi connectivity index (χ1) is 9.58. The summed E-state index contributed by atoms with van der Waals surface area (Å²) < 4.78 is 36.3. The lowest BCUT2D eigenvalue weighted by atomic mass is 10.1. The highest BCUT2D eigenvalue weighted by Gasteiger charge is 2.08. The van der Waals surface area contributed by atoms with Crippen LogP contribution in [0.3, 0.4) is 0 Å². The van der Waals surface area contributed by atoms with Crippen LogP contribution in [0.15, 0.2) is 42.5 Å². The molecule has 20 heavy (non-hydrogen) atoms. The summed E-state index contributed by atoms with van der Waals surface area (Å²) in [5, 5.41) is 0. The van der Waals surface area contributed by atoms with Crippen LogP contribution < -0.4 is 15.2 Å². The molecule has 2 aromatic carbocycles. The van der Waals surface area contributed by atoms with Gasteiger partial charge in [-0.25, -0.2) is 8.78 Å². The predicted octanol–water partition coefficient (Wildman–Crippen LogP) is 3.05. The smallest absolute Gasteiger partial charge is 0.129 e. The van der Waals surface area contributed by atoms with Crippen LogP contribution in [0.5, 0.6) is 11.5 Å². The van der Waals surface area contributed by atoms with E-state index in [0.29, 0.717) is 0 Å². The monoisotopic (exact) mass is 279 g/mol. The number of hydrogen-bond acceptors (Lipinski definition) is 3. The molecule has 0 aliphatic carbocycles. The van der Waals surface area contributed by atoms with Crippen molar-refractivity contribution >= 4 is 0 Å². The molecule has 0 radical (unpaired) electrons. The highest BCUT2D eigenvalue weighted by molar-refractivity contribution is 5.29. The summed E-state index contributed by atoms with van der Waals surface area (Å²) in [6, 6.07) is 9.84. The van der Waals surface area contributed by atoms with E-state index < -0.39 is 17.7 Å². The van der Waals surface area contributed by atoms with E-state index in [0.717, 1.165) is 29.5 Å². The Labute approximate surface area is 115 Å². The molecular formula is C15H15F2NO2. The maximum atomic E-state index is 13.0. The van der Waals surface area contributed by atoms with E-state index in [2.05, 4.69) is 0 Å². The predicted molar refractivity (Wildman–Crippen MR) is 71.8 cm³/mol. The first-order valence-corrected chi connectivity index (χ1v) is 6.07. The third kappa shape index (κ3) is 3.68. The summed E-state index contributed by atoms with van der Waals surface area (Å²) in [5.41, 5.74) is 6.81. The van der Waals surface area contributed by atoms with Crippen LogP contribution in [0.1, 0.15) is 11.6 Å². The minimum atomic E-state index is -0.682. The van der Waals surface area contributed by atoms with Crippen LogP contribution in [0.2, 0.25) is 0 Å². The highest BCUT2D eigenvalue weighted by Crippen LogP contribution is 2.19. The van der Waals surface area contributed by atoms with Crippen molar-refractivity contribution in [2.75, 3.05) is 13.7 Å². The molecule has 106 valence electrons. The van der Waals surface area contributed by atoms with E-state index in [1.54, 1.807) is 19.2 Å². The largest absolute Gasteiger partial charge is 0.497 e. The van der Waals surface area contributed by atoms with Gasteiger partial charge >= 0.3 is 0 Å². The molecule has 0 amide bonds. The Kier molecular flexibility index (Phi) is 4.53. The van der Waals surface area contributed by atoms with Crippen molar-refractivity contribution in [1.29, 1.82) is 0 Å². The van der Waals surface area contributed by atoms with Gasteiger partial charge in [-0.05, 0) is 17.7 Å². The average Bonchev–Trinajstić information content (AvgIpc) is 2.44. The highest BCUT2D eigenvalue weighted by atomic mass is 19.1. The summed E-state index contributed by atoms with van der Waals surface area (Å²) in [4.78, 5) is 0. The summed E-state index contributed by atoms with van der Waals surface area (Å²) in [7, 11) is 1.58. The zero-order valence-corrected chi connectivity index (χ0v) is 11.0. The number of methoxy groups -OCH3 is 1. The lowest BCUT2D eigenvalue weighted by Crippen LogP contribution is -2.19.